The zero-order valence-electron chi connectivity index (χ0n) is 10.9. The van der Waals surface area contributed by atoms with Crippen LogP contribution in [-0.4, -0.2) is 40.7 Å². The van der Waals surface area contributed by atoms with Crippen LogP contribution >= 0.6 is 0 Å². The van der Waals surface area contributed by atoms with Crippen LogP contribution in [0.1, 0.15) is 18.4 Å². The standard InChI is InChI=1S/C13H14F3NO4/c14-13(15,16)21-10-3-1-2-9(8-10)12(20)4-6-17(7-5-12)11(18)19/h1-3,8,20H,4-7H2,(H,18,19). The molecule has 0 bridgehead atoms. The van der Waals surface area contributed by atoms with E-state index in [1.807, 2.05) is 0 Å². The number of nitrogens with zero attached hydrogens (tertiary/aromatic N) is 1. The molecule has 8 heteroatoms. The van der Waals surface area contributed by atoms with E-state index in [0.717, 1.165) is 17.0 Å². The number of hydrogen-bond donors (Lipinski definition) is 2. The van der Waals surface area contributed by atoms with Gasteiger partial charge in [0, 0.05) is 13.1 Å². The molecule has 2 rings (SSSR count). The van der Waals surface area contributed by atoms with Gasteiger partial charge in [-0.1, -0.05) is 12.1 Å². The quantitative estimate of drug-likeness (QED) is 0.881. The third kappa shape index (κ3) is 3.78. The fourth-order valence-electron chi connectivity index (χ4n) is 2.34. The minimum Gasteiger partial charge on any atom is -0.465 e. The van der Waals surface area contributed by atoms with Crippen molar-refractivity contribution in [3.63, 3.8) is 0 Å². The van der Waals surface area contributed by atoms with Crippen molar-refractivity contribution in [3.05, 3.63) is 29.8 Å². The molecule has 0 saturated carbocycles. The Balaban J connectivity index is 2.14. The van der Waals surface area contributed by atoms with Gasteiger partial charge in [-0.2, -0.15) is 0 Å². The van der Waals surface area contributed by atoms with Gasteiger partial charge in [-0.05, 0) is 30.5 Å². The summed E-state index contributed by atoms with van der Waals surface area (Å²) in [5.74, 6) is -0.408. The van der Waals surface area contributed by atoms with Crippen LogP contribution in [0.25, 0.3) is 0 Å². The molecule has 1 fully saturated rings. The molecule has 0 spiro atoms. The molecule has 1 aromatic carbocycles. The zero-order valence-corrected chi connectivity index (χ0v) is 10.9. The number of aliphatic hydroxyl groups is 1. The Kier molecular flexibility index (Phi) is 3.99. The number of likely N-dealkylation sites (tertiary alicyclic amines) is 1. The van der Waals surface area contributed by atoms with Gasteiger partial charge in [-0.25, -0.2) is 4.79 Å². The Morgan fingerprint density at radius 1 is 1.29 bits per heavy atom. The van der Waals surface area contributed by atoms with Crippen molar-refractivity contribution in [2.45, 2.75) is 24.8 Å². The third-order valence-corrected chi connectivity index (χ3v) is 3.47. The van der Waals surface area contributed by atoms with E-state index < -0.39 is 23.8 Å². The number of carbonyl (C=O) groups is 1. The first-order valence-corrected chi connectivity index (χ1v) is 6.26. The SMILES string of the molecule is O=C(O)N1CCC(O)(c2cccc(OC(F)(F)F)c2)CC1. The van der Waals surface area contributed by atoms with Gasteiger partial charge in [0.25, 0.3) is 0 Å². The zero-order chi connectivity index (χ0) is 15.7. The first-order chi connectivity index (χ1) is 9.70. The third-order valence-electron chi connectivity index (χ3n) is 3.47. The van der Waals surface area contributed by atoms with Gasteiger partial charge in [0.05, 0.1) is 5.60 Å². The molecule has 1 saturated heterocycles. The minimum atomic E-state index is -4.80. The van der Waals surface area contributed by atoms with Crippen molar-refractivity contribution in [3.8, 4) is 5.75 Å². The number of rotatable bonds is 2. The van der Waals surface area contributed by atoms with Crippen molar-refractivity contribution in [2.75, 3.05) is 13.1 Å². The van der Waals surface area contributed by atoms with Gasteiger partial charge >= 0.3 is 12.5 Å². The molecule has 0 unspecified atom stereocenters. The molecule has 1 heterocycles. The second kappa shape index (κ2) is 5.44. The summed E-state index contributed by atoms with van der Waals surface area (Å²) in [7, 11) is 0. The Bertz CT molecular complexity index is 524. The van der Waals surface area contributed by atoms with Crippen molar-refractivity contribution in [2.24, 2.45) is 0 Å². The number of alkyl halides is 3. The van der Waals surface area contributed by atoms with Crippen molar-refractivity contribution in [1.82, 2.24) is 4.90 Å². The molecule has 1 amide bonds. The molecule has 1 aliphatic rings. The van der Waals surface area contributed by atoms with Crippen LogP contribution in [0.15, 0.2) is 24.3 Å². The van der Waals surface area contributed by atoms with Crippen LogP contribution in [0.2, 0.25) is 0 Å². The van der Waals surface area contributed by atoms with E-state index in [-0.39, 0.29) is 31.5 Å². The molecular weight excluding hydrogens is 291 g/mol. The van der Waals surface area contributed by atoms with E-state index in [2.05, 4.69) is 4.74 Å². The lowest BCUT2D eigenvalue weighted by atomic mass is 9.84. The number of ether oxygens (including phenoxy) is 1. The summed E-state index contributed by atoms with van der Waals surface area (Å²) < 4.78 is 40.4. The van der Waals surface area contributed by atoms with Crippen LogP contribution in [0, 0.1) is 0 Å². The Morgan fingerprint density at radius 2 is 1.90 bits per heavy atom. The molecule has 0 radical (unpaired) electrons. The highest BCUT2D eigenvalue weighted by atomic mass is 19.4. The first kappa shape index (κ1) is 15.4. The first-order valence-electron chi connectivity index (χ1n) is 6.26. The normalized spacial score (nSPS) is 18.4. The predicted molar refractivity (Wildman–Crippen MR) is 65.9 cm³/mol. The van der Waals surface area contributed by atoms with E-state index in [1.165, 1.54) is 12.1 Å². The predicted octanol–water partition coefficient (Wildman–Crippen LogP) is 2.55. The highest BCUT2D eigenvalue weighted by Crippen LogP contribution is 2.35. The lowest BCUT2D eigenvalue weighted by molar-refractivity contribution is -0.274. The van der Waals surface area contributed by atoms with Crippen LogP contribution in [0.5, 0.6) is 5.75 Å². The number of halogens is 3. The summed E-state index contributed by atoms with van der Waals surface area (Å²) in [6.07, 6.45) is -5.64. The largest absolute Gasteiger partial charge is 0.573 e. The lowest BCUT2D eigenvalue weighted by Gasteiger charge is -2.37. The van der Waals surface area contributed by atoms with E-state index in [0.29, 0.717) is 0 Å². The van der Waals surface area contributed by atoms with Crippen LogP contribution in [0.3, 0.4) is 0 Å². The Hall–Kier alpha value is -1.96. The highest BCUT2D eigenvalue weighted by Gasteiger charge is 2.36. The minimum absolute atomic E-state index is 0.120. The van der Waals surface area contributed by atoms with Crippen molar-refractivity contribution in [1.29, 1.82) is 0 Å². The summed E-state index contributed by atoms with van der Waals surface area (Å²) in [6, 6.07) is 5.13. The number of benzene rings is 1. The van der Waals surface area contributed by atoms with Gasteiger partial charge in [-0.3, -0.25) is 0 Å². The molecule has 1 aromatic rings. The van der Waals surface area contributed by atoms with E-state index in [4.69, 9.17) is 5.11 Å². The Labute approximate surface area is 118 Å². The lowest BCUT2D eigenvalue weighted by Crippen LogP contribution is -2.44. The molecule has 116 valence electrons. The topological polar surface area (TPSA) is 70.0 Å². The number of piperidine rings is 1. The summed E-state index contributed by atoms with van der Waals surface area (Å²) in [4.78, 5) is 12.0. The summed E-state index contributed by atoms with van der Waals surface area (Å²) in [5.41, 5.74) is -1.06. The molecule has 2 N–H and O–H groups in total. The van der Waals surface area contributed by atoms with Crippen molar-refractivity contribution < 1.29 is 32.9 Å². The second-order valence-electron chi connectivity index (χ2n) is 4.88. The van der Waals surface area contributed by atoms with Gasteiger partial charge in [0.15, 0.2) is 0 Å². The summed E-state index contributed by atoms with van der Waals surface area (Å²) in [5, 5.41) is 19.4. The van der Waals surface area contributed by atoms with Crippen molar-refractivity contribution >= 4 is 6.09 Å². The molecule has 1 aliphatic heterocycles. The second-order valence-corrected chi connectivity index (χ2v) is 4.88. The molecule has 21 heavy (non-hydrogen) atoms. The Morgan fingerprint density at radius 3 is 2.43 bits per heavy atom. The fraction of sp³-hybridized carbons (Fsp3) is 0.462. The van der Waals surface area contributed by atoms with Gasteiger partial charge in [0.1, 0.15) is 5.75 Å². The molecule has 0 aromatic heterocycles. The van der Waals surface area contributed by atoms with E-state index >= 15 is 0 Å². The summed E-state index contributed by atoms with van der Waals surface area (Å²) >= 11 is 0. The van der Waals surface area contributed by atoms with Gasteiger partial charge < -0.3 is 19.8 Å². The van der Waals surface area contributed by atoms with Crippen LogP contribution in [-0.2, 0) is 5.60 Å². The number of carboxylic acid groups (broad SMARTS) is 1. The molecular formula is C13H14F3NO4. The van der Waals surface area contributed by atoms with Gasteiger partial charge in [-0.15, -0.1) is 13.2 Å². The average Bonchev–Trinajstić information content (AvgIpc) is 2.37. The molecule has 0 atom stereocenters. The smallest absolute Gasteiger partial charge is 0.465 e. The monoisotopic (exact) mass is 305 g/mol. The maximum Gasteiger partial charge on any atom is 0.573 e. The maximum atomic E-state index is 12.2. The summed E-state index contributed by atoms with van der Waals surface area (Å²) in [6.45, 7) is 0.242. The highest BCUT2D eigenvalue weighted by molar-refractivity contribution is 5.65. The van der Waals surface area contributed by atoms with Crippen LogP contribution < -0.4 is 4.74 Å². The number of amides is 1. The van der Waals surface area contributed by atoms with E-state index in [9.17, 15) is 23.1 Å². The molecule has 5 nitrogen and oxygen atoms in total. The van der Waals surface area contributed by atoms with Gasteiger partial charge in [0.2, 0.25) is 0 Å². The average molecular weight is 305 g/mol. The van der Waals surface area contributed by atoms with E-state index in [1.54, 1.807) is 0 Å². The van der Waals surface area contributed by atoms with Crippen LogP contribution in [0.4, 0.5) is 18.0 Å². The maximum absolute atomic E-state index is 12.2. The number of hydrogen-bond acceptors (Lipinski definition) is 3. The fourth-order valence-corrected chi connectivity index (χ4v) is 2.34. The molecule has 0 aliphatic carbocycles.